The summed E-state index contributed by atoms with van der Waals surface area (Å²) in [6.07, 6.45) is -2.92. The number of carbonyl (C=O) groups is 1. The van der Waals surface area contributed by atoms with Crippen LogP contribution in [0.3, 0.4) is 0 Å². The van der Waals surface area contributed by atoms with Crippen LogP contribution in [0.15, 0.2) is 12.1 Å². The molecule has 0 amide bonds. The van der Waals surface area contributed by atoms with E-state index >= 15 is 0 Å². The largest absolute Gasteiger partial charge is 0.505 e. The summed E-state index contributed by atoms with van der Waals surface area (Å²) in [4.78, 5) is 10.7. The first kappa shape index (κ1) is 15.9. The van der Waals surface area contributed by atoms with E-state index in [1.807, 2.05) is 0 Å². The average Bonchev–Trinajstić information content (AvgIpc) is 2.32. The van der Waals surface area contributed by atoms with Crippen molar-refractivity contribution >= 4 is 16.9 Å². The van der Waals surface area contributed by atoms with Gasteiger partial charge >= 0.3 is 0 Å². The third-order valence-electron chi connectivity index (χ3n) is 2.46. The van der Waals surface area contributed by atoms with Crippen LogP contribution in [0.5, 0.6) is 5.75 Å². The minimum Gasteiger partial charge on any atom is -0.505 e. The summed E-state index contributed by atoms with van der Waals surface area (Å²) in [5, 5.41) is 28.7. The summed E-state index contributed by atoms with van der Waals surface area (Å²) >= 11 is 0.962. The van der Waals surface area contributed by atoms with Crippen LogP contribution in [-0.2, 0) is 4.79 Å². The van der Waals surface area contributed by atoms with Crippen LogP contribution in [0.25, 0.3) is 0 Å². The van der Waals surface area contributed by atoms with E-state index in [-0.39, 0.29) is 17.3 Å². The minimum atomic E-state index is -1.63. The predicted octanol–water partition coefficient (Wildman–Crippen LogP) is 1.73. The highest BCUT2D eigenvalue weighted by Gasteiger charge is 2.24. The molecule has 0 fully saturated rings. The third kappa shape index (κ3) is 4.45. The predicted molar refractivity (Wildman–Crippen MR) is 66.7 cm³/mol. The molecule has 0 heterocycles. The Morgan fingerprint density at radius 2 is 2.00 bits per heavy atom. The van der Waals surface area contributed by atoms with E-state index in [1.54, 1.807) is 0 Å². The summed E-state index contributed by atoms with van der Waals surface area (Å²) in [5.74, 6) is -2.81. The zero-order valence-corrected chi connectivity index (χ0v) is 11.0. The van der Waals surface area contributed by atoms with Gasteiger partial charge in [0.25, 0.3) is 0 Å². The van der Waals surface area contributed by atoms with Gasteiger partial charge in [0.05, 0.1) is 6.10 Å². The number of aromatic hydroxyl groups is 1. The van der Waals surface area contributed by atoms with Crippen LogP contribution in [0.1, 0.15) is 25.0 Å². The Morgan fingerprint density at radius 3 is 2.58 bits per heavy atom. The fraction of sp³-hybridized carbons (Fsp3) is 0.417. The van der Waals surface area contributed by atoms with Crippen molar-refractivity contribution in [2.24, 2.45) is 0 Å². The number of benzene rings is 1. The fourth-order valence-electron chi connectivity index (χ4n) is 1.50. The number of thioether (sulfide) groups is 1. The van der Waals surface area contributed by atoms with Gasteiger partial charge in [-0.15, -0.1) is 0 Å². The lowest BCUT2D eigenvalue weighted by atomic mass is 10.0. The number of rotatable bonds is 5. The lowest BCUT2D eigenvalue weighted by Crippen LogP contribution is -2.19. The fourth-order valence-corrected chi connectivity index (χ4v) is 2.15. The molecular weight excluding hydrogens is 278 g/mol. The number of aliphatic hydroxyl groups is 2. The molecule has 0 radical (unpaired) electrons. The number of hydrogen-bond acceptors (Lipinski definition) is 5. The van der Waals surface area contributed by atoms with E-state index in [0.29, 0.717) is 6.07 Å². The van der Waals surface area contributed by atoms with Crippen LogP contribution in [0.4, 0.5) is 8.78 Å². The number of phenolic OH excluding ortho intramolecular Hbond substituents is 1. The first-order valence-corrected chi connectivity index (χ1v) is 6.49. The normalized spacial score (nSPS) is 14.2. The molecule has 4 nitrogen and oxygen atoms in total. The maximum Gasteiger partial charge on any atom is 0.185 e. The van der Waals surface area contributed by atoms with E-state index < -0.39 is 35.2 Å². The van der Waals surface area contributed by atoms with Gasteiger partial charge in [0, 0.05) is 24.3 Å². The molecule has 0 saturated heterocycles. The van der Waals surface area contributed by atoms with Crippen molar-refractivity contribution in [3.8, 4) is 5.75 Å². The highest BCUT2D eigenvalue weighted by Crippen LogP contribution is 2.31. The molecule has 1 aromatic rings. The Morgan fingerprint density at radius 1 is 1.37 bits per heavy atom. The van der Waals surface area contributed by atoms with Crippen LogP contribution in [0, 0.1) is 11.6 Å². The third-order valence-corrected chi connectivity index (χ3v) is 3.31. The summed E-state index contributed by atoms with van der Waals surface area (Å²) in [6, 6.07) is 1.23. The molecule has 0 bridgehead atoms. The van der Waals surface area contributed by atoms with E-state index in [9.17, 15) is 28.9 Å². The van der Waals surface area contributed by atoms with Crippen LogP contribution >= 0.6 is 11.8 Å². The monoisotopic (exact) mass is 292 g/mol. The Hall–Kier alpha value is -1.18. The molecule has 1 rings (SSSR count). The Kier molecular flexibility index (Phi) is 5.71. The summed E-state index contributed by atoms with van der Waals surface area (Å²) < 4.78 is 26.1. The summed E-state index contributed by atoms with van der Waals surface area (Å²) in [5.41, 5.74) is -0.419. The van der Waals surface area contributed by atoms with Crippen molar-refractivity contribution in [1.29, 1.82) is 0 Å². The van der Waals surface area contributed by atoms with Crippen LogP contribution in [0.2, 0.25) is 0 Å². The quantitative estimate of drug-likeness (QED) is 0.770. The van der Waals surface area contributed by atoms with E-state index in [0.717, 1.165) is 17.8 Å². The lowest BCUT2D eigenvalue weighted by Gasteiger charge is -2.19. The van der Waals surface area contributed by atoms with Gasteiger partial charge in [-0.05, 0) is 12.5 Å². The highest BCUT2D eigenvalue weighted by molar-refractivity contribution is 8.13. The van der Waals surface area contributed by atoms with Gasteiger partial charge in [-0.25, -0.2) is 8.78 Å². The van der Waals surface area contributed by atoms with Gasteiger partial charge in [-0.3, -0.25) is 4.79 Å². The molecule has 1 aromatic carbocycles. The first-order valence-electron chi connectivity index (χ1n) is 5.50. The smallest absolute Gasteiger partial charge is 0.185 e. The zero-order chi connectivity index (χ0) is 14.6. The van der Waals surface area contributed by atoms with Gasteiger partial charge in [0.15, 0.2) is 16.7 Å². The molecule has 19 heavy (non-hydrogen) atoms. The summed E-state index contributed by atoms with van der Waals surface area (Å²) in [7, 11) is 0. The van der Waals surface area contributed by atoms with E-state index in [1.165, 1.54) is 6.92 Å². The Labute approximate surface area is 113 Å². The molecule has 0 aromatic heterocycles. The maximum absolute atomic E-state index is 13.1. The Bertz CT molecular complexity index is 467. The second kappa shape index (κ2) is 6.83. The summed E-state index contributed by atoms with van der Waals surface area (Å²) in [6.45, 7) is 1.36. The molecule has 3 N–H and O–H groups in total. The van der Waals surface area contributed by atoms with Gasteiger partial charge in [0.1, 0.15) is 11.9 Å². The van der Waals surface area contributed by atoms with Gasteiger partial charge < -0.3 is 15.3 Å². The second-order valence-corrected chi connectivity index (χ2v) is 5.24. The lowest BCUT2D eigenvalue weighted by molar-refractivity contribution is -0.109. The molecule has 2 atom stereocenters. The van der Waals surface area contributed by atoms with Crippen molar-refractivity contribution in [1.82, 2.24) is 0 Å². The number of carbonyl (C=O) groups excluding carboxylic acids is 1. The molecule has 2 unspecified atom stereocenters. The molecule has 7 heteroatoms. The van der Waals surface area contributed by atoms with Gasteiger partial charge in [0.2, 0.25) is 0 Å². The van der Waals surface area contributed by atoms with Crippen molar-refractivity contribution < 1.29 is 28.9 Å². The van der Waals surface area contributed by atoms with Crippen molar-refractivity contribution in [2.45, 2.75) is 25.6 Å². The molecule has 0 saturated carbocycles. The molecule has 106 valence electrons. The molecule has 0 spiro atoms. The Balaban J connectivity index is 2.76. The SMILES string of the molecule is CC(=O)SCCC(O)C(O)c1cc(F)cc(F)c1O. The van der Waals surface area contributed by atoms with Crippen molar-refractivity contribution in [3.63, 3.8) is 0 Å². The zero-order valence-electron chi connectivity index (χ0n) is 10.1. The number of halogens is 2. The van der Waals surface area contributed by atoms with Gasteiger partial charge in [-0.1, -0.05) is 11.8 Å². The van der Waals surface area contributed by atoms with Crippen molar-refractivity contribution in [2.75, 3.05) is 5.75 Å². The molecule has 0 aliphatic rings. The first-order chi connectivity index (χ1) is 8.82. The van der Waals surface area contributed by atoms with Crippen molar-refractivity contribution in [3.05, 3.63) is 29.3 Å². The van der Waals surface area contributed by atoms with Gasteiger partial charge in [-0.2, -0.15) is 0 Å². The van der Waals surface area contributed by atoms with E-state index in [2.05, 4.69) is 0 Å². The average molecular weight is 292 g/mol. The standard InChI is InChI=1S/C12H14F2O4S/c1-6(15)19-3-2-10(16)12(18)8-4-7(13)5-9(14)11(8)17/h4-5,10,12,16-18H,2-3H2,1H3. The van der Waals surface area contributed by atoms with Crippen LogP contribution < -0.4 is 0 Å². The minimum absolute atomic E-state index is 0.0446. The number of hydrogen-bond donors (Lipinski definition) is 3. The topological polar surface area (TPSA) is 77.8 Å². The molecule has 0 aliphatic carbocycles. The number of phenols is 1. The second-order valence-electron chi connectivity index (χ2n) is 3.97. The number of aliphatic hydroxyl groups excluding tert-OH is 2. The molecular formula is C12H14F2O4S. The van der Waals surface area contributed by atoms with Crippen LogP contribution in [-0.4, -0.2) is 32.3 Å². The highest BCUT2D eigenvalue weighted by atomic mass is 32.2. The molecule has 0 aliphatic heterocycles. The van der Waals surface area contributed by atoms with E-state index in [4.69, 9.17) is 0 Å². The maximum atomic E-state index is 13.1.